The highest BCUT2D eigenvalue weighted by molar-refractivity contribution is 5.77. The predicted octanol–water partition coefficient (Wildman–Crippen LogP) is -0.0292. The van der Waals surface area contributed by atoms with Crippen LogP contribution in [0.4, 0.5) is 0 Å². The van der Waals surface area contributed by atoms with Crippen molar-refractivity contribution in [3.63, 3.8) is 0 Å². The third-order valence-electron chi connectivity index (χ3n) is 7.61. The number of primary amides is 1. The van der Waals surface area contributed by atoms with E-state index in [4.69, 9.17) is 11.5 Å². The van der Waals surface area contributed by atoms with E-state index in [1.807, 2.05) is 0 Å². The first-order valence-electron chi connectivity index (χ1n) is 11.9. The van der Waals surface area contributed by atoms with Gasteiger partial charge < -0.3 is 16.6 Å². The van der Waals surface area contributed by atoms with E-state index in [0.717, 1.165) is 38.8 Å². The van der Waals surface area contributed by atoms with Gasteiger partial charge in [0.1, 0.15) is 6.29 Å². The van der Waals surface area contributed by atoms with Crippen molar-refractivity contribution in [3.8, 4) is 0 Å². The van der Waals surface area contributed by atoms with Crippen LogP contribution in [0.2, 0.25) is 0 Å². The summed E-state index contributed by atoms with van der Waals surface area (Å²) in [4.78, 5) is 14.5. The summed E-state index contributed by atoms with van der Waals surface area (Å²) in [6.07, 6.45) is 3.51. The highest BCUT2D eigenvalue weighted by Gasteiger charge is 2.42. The van der Waals surface area contributed by atoms with Gasteiger partial charge in [-0.1, -0.05) is 27.7 Å². The molecule has 3 fully saturated rings. The summed E-state index contributed by atoms with van der Waals surface area (Å²) in [5.41, 5.74) is 11.9. The molecule has 2 saturated heterocycles. The van der Waals surface area contributed by atoms with E-state index >= 15 is 0 Å². The second-order valence-electron chi connectivity index (χ2n) is 10.5. The number of nitrogens with one attached hydrogen (secondary N) is 3. The first-order chi connectivity index (χ1) is 14.2. The molecule has 1 amide bonds. The van der Waals surface area contributed by atoms with Gasteiger partial charge in [-0.05, 0) is 49.4 Å². The van der Waals surface area contributed by atoms with Crippen LogP contribution in [0.25, 0.3) is 0 Å². The molecule has 0 aromatic rings. The Morgan fingerprint density at radius 1 is 1.17 bits per heavy atom. The topological polar surface area (TPSA) is 129 Å². The maximum absolute atomic E-state index is 12.2. The molecule has 0 bridgehead atoms. The number of hydrogen-bond acceptors (Lipinski definition) is 7. The van der Waals surface area contributed by atoms with Gasteiger partial charge in [0.2, 0.25) is 5.91 Å². The maximum Gasteiger partial charge on any atom is 0.224 e. The fourth-order valence-corrected chi connectivity index (χ4v) is 5.71. The number of nitrogens with two attached hydrogens (primary N) is 2. The quantitative estimate of drug-likeness (QED) is 0.353. The molecular formula is C22H44N6O2. The molecule has 2 heterocycles. The van der Waals surface area contributed by atoms with Gasteiger partial charge in [-0.3, -0.25) is 25.6 Å². The van der Waals surface area contributed by atoms with E-state index in [1.54, 1.807) is 0 Å². The molecule has 1 saturated carbocycles. The molecule has 8 nitrogen and oxygen atoms in total. The molecule has 3 rings (SSSR count). The smallest absolute Gasteiger partial charge is 0.224 e. The number of aliphatic hydroxyl groups excluding tert-OH is 1. The lowest BCUT2D eigenvalue weighted by Gasteiger charge is -2.48. The van der Waals surface area contributed by atoms with E-state index in [9.17, 15) is 9.90 Å². The summed E-state index contributed by atoms with van der Waals surface area (Å²) in [5.74, 6) is 0.740. The number of piperidine rings is 1. The highest BCUT2D eigenvalue weighted by Crippen LogP contribution is 2.38. The molecule has 8 N–H and O–H groups in total. The summed E-state index contributed by atoms with van der Waals surface area (Å²) in [6, 6.07) is 0.441. The van der Waals surface area contributed by atoms with Crippen molar-refractivity contribution in [3.05, 3.63) is 0 Å². The lowest BCUT2D eigenvalue weighted by atomic mass is 9.68. The van der Waals surface area contributed by atoms with Crippen molar-refractivity contribution in [2.45, 2.75) is 84.0 Å². The summed E-state index contributed by atoms with van der Waals surface area (Å²) in [6.45, 7) is 11.2. The van der Waals surface area contributed by atoms with Gasteiger partial charge in [-0.25, -0.2) is 0 Å². The Bertz CT molecular complexity index is 556. The minimum Gasteiger partial charge on any atom is -0.393 e. The van der Waals surface area contributed by atoms with Crippen LogP contribution in [-0.4, -0.2) is 66.2 Å². The summed E-state index contributed by atoms with van der Waals surface area (Å²) < 4.78 is 0. The molecule has 30 heavy (non-hydrogen) atoms. The van der Waals surface area contributed by atoms with Gasteiger partial charge in [0.15, 0.2) is 0 Å². The number of amides is 1. The highest BCUT2D eigenvalue weighted by atomic mass is 16.3. The molecule has 174 valence electrons. The largest absolute Gasteiger partial charge is 0.393 e. The molecule has 1 aliphatic carbocycles. The number of carbonyl (C=O) groups is 1. The summed E-state index contributed by atoms with van der Waals surface area (Å²) in [7, 11) is 0. The van der Waals surface area contributed by atoms with Crippen LogP contribution < -0.4 is 27.4 Å². The van der Waals surface area contributed by atoms with Crippen LogP contribution in [0.3, 0.4) is 0 Å². The monoisotopic (exact) mass is 424 g/mol. The number of carbonyl (C=O) groups excluding carboxylic acids is 1. The molecular weight excluding hydrogens is 380 g/mol. The van der Waals surface area contributed by atoms with E-state index < -0.39 is 0 Å². The average molecular weight is 425 g/mol. The van der Waals surface area contributed by atoms with Crippen LogP contribution >= 0.6 is 0 Å². The summed E-state index contributed by atoms with van der Waals surface area (Å²) in [5, 5.41) is 21.7. The Morgan fingerprint density at radius 2 is 1.80 bits per heavy atom. The molecule has 0 aromatic heterocycles. The number of rotatable bonds is 6. The SMILES string of the molecule is CC(C)C1CC(NC2NC(N3CCC[C@H](N)C3)NCC2C(N)=O)CC(C(C)C)C1O. The first kappa shape index (κ1) is 23.9. The molecule has 0 radical (unpaired) electrons. The van der Waals surface area contributed by atoms with Gasteiger partial charge in [-0.2, -0.15) is 0 Å². The minimum atomic E-state index is -0.318. The third-order valence-corrected chi connectivity index (χ3v) is 7.61. The predicted molar refractivity (Wildman–Crippen MR) is 119 cm³/mol. The average Bonchev–Trinajstić information content (AvgIpc) is 2.68. The maximum atomic E-state index is 12.2. The van der Waals surface area contributed by atoms with Crippen molar-refractivity contribution in [1.29, 1.82) is 0 Å². The number of aliphatic hydroxyl groups is 1. The Hall–Kier alpha value is -0.770. The van der Waals surface area contributed by atoms with Crippen molar-refractivity contribution >= 4 is 5.91 Å². The fraction of sp³-hybridized carbons (Fsp3) is 0.955. The number of nitrogens with zero attached hydrogens (tertiary/aromatic N) is 1. The summed E-state index contributed by atoms with van der Waals surface area (Å²) >= 11 is 0. The standard InChI is InChI=1S/C22H44N6O2/c1-12(2)16-8-15(9-17(13(3)4)19(16)29)26-21-18(20(24)30)10-25-22(27-21)28-7-5-6-14(23)11-28/h12-19,21-22,25-27,29H,5-11,23H2,1-4H3,(H2,24,30)/t14-,15?,16?,17?,18?,19?,21?,22?/m0/s1. The zero-order valence-electron chi connectivity index (χ0n) is 19.2. The van der Waals surface area contributed by atoms with Crippen LogP contribution in [0.5, 0.6) is 0 Å². The molecule has 0 aromatic carbocycles. The Kier molecular flexibility index (Phi) is 8.15. The third kappa shape index (κ3) is 5.53. The van der Waals surface area contributed by atoms with Gasteiger partial charge >= 0.3 is 0 Å². The van der Waals surface area contributed by atoms with Gasteiger partial charge in [0.25, 0.3) is 0 Å². The van der Waals surface area contributed by atoms with Crippen molar-refractivity contribution in [1.82, 2.24) is 20.9 Å². The van der Waals surface area contributed by atoms with Crippen molar-refractivity contribution < 1.29 is 9.90 Å². The number of likely N-dealkylation sites (tertiary alicyclic amines) is 1. The van der Waals surface area contributed by atoms with E-state index in [-0.39, 0.29) is 54.3 Å². The van der Waals surface area contributed by atoms with E-state index in [2.05, 4.69) is 48.5 Å². The van der Waals surface area contributed by atoms with Crippen molar-refractivity contribution in [2.24, 2.45) is 41.1 Å². The van der Waals surface area contributed by atoms with Crippen molar-refractivity contribution in [2.75, 3.05) is 19.6 Å². The lowest BCUT2D eigenvalue weighted by molar-refractivity contribution is -0.125. The molecule has 6 atom stereocenters. The Labute approximate surface area is 181 Å². The lowest BCUT2D eigenvalue weighted by Crippen LogP contribution is -2.72. The van der Waals surface area contributed by atoms with Gasteiger partial charge in [0.05, 0.1) is 18.2 Å². The Morgan fingerprint density at radius 3 is 2.33 bits per heavy atom. The second-order valence-corrected chi connectivity index (χ2v) is 10.5. The van der Waals surface area contributed by atoms with E-state index in [1.165, 1.54) is 0 Å². The fourth-order valence-electron chi connectivity index (χ4n) is 5.71. The van der Waals surface area contributed by atoms with E-state index in [0.29, 0.717) is 18.4 Å². The number of hydrogen-bond donors (Lipinski definition) is 6. The normalized spacial score (nSPS) is 41.3. The molecule has 2 aliphatic heterocycles. The zero-order valence-corrected chi connectivity index (χ0v) is 19.2. The van der Waals surface area contributed by atoms with Crippen LogP contribution in [0.1, 0.15) is 53.4 Å². The first-order valence-corrected chi connectivity index (χ1v) is 11.9. The second kappa shape index (κ2) is 10.2. The molecule has 0 spiro atoms. The molecule has 8 heteroatoms. The minimum absolute atomic E-state index is 0.0135. The van der Waals surface area contributed by atoms with Crippen LogP contribution in [0.15, 0.2) is 0 Å². The molecule has 5 unspecified atom stereocenters. The van der Waals surface area contributed by atoms with Crippen LogP contribution in [-0.2, 0) is 4.79 Å². The van der Waals surface area contributed by atoms with Gasteiger partial charge in [-0.15, -0.1) is 0 Å². The van der Waals surface area contributed by atoms with Gasteiger partial charge in [0, 0.05) is 31.7 Å². The Balaban J connectivity index is 1.71. The zero-order chi connectivity index (χ0) is 22.0. The van der Waals surface area contributed by atoms with Crippen LogP contribution in [0, 0.1) is 29.6 Å². The molecule has 3 aliphatic rings.